The zero-order chi connectivity index (χ0) is 20.9. The molecule has 0 atom stereocenters. The predicted molar refractivity (Wildman–Crippen MR) is 112 cm³/mol. The Morgan fingerprint density at radius 3 is 2.39 bits per heavy atom. The average molecular weight is 472 g/mol. The first-order chi connectivity index (χ1) is 13.1. The third-order valence-electron chi connectivity index (χ3n) is 4.60. The highest BCUT2D eigenvalue weighted by Crippen LogP contribution is 2.22. The van der Waals surface area contributed by atoms with Gasteiger partial charge in [0.2, 0.25) is 21.8 Å². The van der Waals surface area contributed by atoms with Gasteiger partial charge >= 0.3 is 0 Å². The van der Waals surface area contributed by atoms with E-state index in [1.807, 2.05) is 13.0 Å². The van der Waals surface area contributed by atoms with E-state index in [4.69, 9.17) is 0 Å². The Balaban J connectivity index is 1.89. The van der Waals surface area contributed by atoms with Gasteiger partial charge < -0.3 is 10.2 Å². The predicted octanol–water partition coefficient (Wildman–Crippen LogP) is 1.94. The van der Waals surface area contributed by atoms with Gasteiger partial charge in [0.05, 0.1) is 4.90 Å². The van der Waals surface area contributed by atoms with Crippen LogP contribution >= 0.6 is 15.9 Å². The summed E-state index contributed by atoms with van der Waals surface area (Å²) in [6.07, 6.45) is 0.199. The molecule has 0 bridgehead atoms. The first kappa shape index (κ1) is 22.6. The van der Waals surface area contributed by atoms with Crippen LogP contribution < -0.4 is 5.32 Å². The third-order valence-corrected chi connectivity index (χ3v) is 6.92. The average Bonchev–Trinajstić information content (AvgIpc) is 2.66. The quantitative estimate of drug-likeness (QED) is 0.657. The summed E-state index contributed by atoms with van der Waals surface area (Å²) < 4.78 is 28.0. The van der Waals surface area contributed by atoms with Crippen molar-refractivity contribution in [2.45, 2.75) is 31.6 Å². The molecule has 1 aliphatic rings. The molecular formula is C19H26BrN3O4S. The van der Waals surface area contributed by atoms with Gasteiger partial charge in [-0.15, -0.1) is 0 Å². The van der Waals surface area contributed by atoms with Crippen molar-refractivity contribution in [3.63, 3.8) is 0 Å². The first-order valence-corrected chi connectivity index (χ1v) is 11.3. The minimum Gasteiger partial charge on any atom is -0.352 e. The Morgan fingerprint density at radius 1 is 1.14 bits per heavy atom. The number of amides is 2. The number of carbonyl (C=O) groups excluding carboxylic acids is 2. The van der Waals surface area contributed by atoms with E-state index in [0.29, 0.717) is 34.6 Å². The summed E-state index contributed by atoms with van der Waals surface area (Å²) in [6.45, 7) is 8.73. The fraction of sp³-hybridized carbons (Fsp3) is 0.474. The second-order valence-corrected chi connectivity index (χ2v) is 9.88. The van der Waals surface area contributed by atoms with Crippen LogP contribution in [0.4, 0.5) is 0 Å². The zero-order valence-electron chi connectivity index (χ0n) is 16.2. The number of aryl methyl sites for hydroxylation is 2. The van der Waals surface area contributed by atoms with Crippen LogP contribution in [0.5, 0.6) is 0 Å². The molecule has 2 amide bonds. The molecule has 1 saturated heterocycles. The van der Waals surface area contributed by atoms with Gasteiger partial charge in [0.25, 0.3) is 0 Å². The Morgan fingerprint density at radius 2 is 1.79 bits per heavy atom. The number of hydrogen-bond acceptors (Lipinski definition) is 4. The Labute approximate surface area is 175 Å². The number of nitrogens with zero attached hydrogens (tertiary/aromatic N) is 2. The molecule has 7 nitrogen and oxygen atoms in total. The lowest BCUT2D eigenvalue weighted by Gasteiger charge is -2.34. The summed E-state index contributed by atoms with van der Waals surface area (Å²) in [6, 6.07) is 5.37. The number of hydrogen-bond donors (Lipinski definition) is 1. The fourth-order valence-electron chi connectivity index (χ4n) is 2.96. The summed E-state index contributed by atoms with van der Waals surface area (Å²) in [5, 5.41) is 2.65. The highest BCUT2D eigenvalue weighted by atomic mass is 79.9. The molecular weight excluding hydrogens is 446 g/mol. The van der Waals surface area contributed by atoms with Crippen molar-refractivity contribution in [3.05, 3.63) is 40.4 Å². The van der Waals surface area contributed by atoms with Gasteiger partial charge in [0, 0.05) is 50.0 Å². The number of nitrogens with one attached hydrogen (secondary N) is 1. The molecule has 2 rings (SSSR count). The van der Waals surface area contributed by atoms with Crippen molar-refractivity contribution >= 4 is 37.8 Å². The van der Waals surface area contributed by atoms with Crippen molar-refractivity contribution < 1.29 is 18.0 Å². The molecule has 0 aliphatic carbocycles. The largest absolute Gasteiger partial charge is 0.352 e. The van der Waals surface area contributed by atoms with Crippen molar-refractivity contribution in [1.29, 1.82) is 0 Å². The highest BCUT2D eigenvalue weighted by molar-refractivity contribution is 9.11. The van der Waals surface area contributed by atoms with E-state index in [0.717, 1.165) is 5.56 Å². The maximum atomic E-state index is 12.9. The molecule has 0 radical (unpaired) electrons. The number of sulfonamides is 1. The maximum Gasteiger partial charge on any atom is 0.243 e. The van der Waals surface area contributed by atoms with E-state index in [9.17, 15) is 18.0 Å². The minimum absolute atomic E-state index is 0.0973. The number of rotatable bonds is 7. The minimum atomic E-state index is -3.59. The van der Waals surface area contributed by atoms with E-state index < -0.39 is 10.0 Å². The van der Waals surface area contributed by atoms with Gasteiger partial charge in [0.1, 0.15) is 0 Å². The SMILES string of the molecule is C=C(Br)CNC(=O)CCC(=O)N1CCN(S(=O)(=O)c2cc(C)ccc2C)CC1. The molecule has 0 spiro atoms. The molecule has 0 aromatic heterocycles. The number of benzene rings is 1. The summed E-state index contributed by atoms with van der Waals surface area (Å²) in [5.41, 5.74) is 1.60. The van der Waals surface area contributed by atoms with Crippen LogP contribution in [0.2, 0.25) is 0 Å². The van der Waals surface area contributed by atoms with Gasteiger partial charge in [-0.05, 0) is 31.0 Å². The molecule has 1 aliphatic heterocycles. The Hall–Kier alpha value is -1.71. The second-order valence-electron chi connectivity index (χ2n) is 6.85. The van der Waals surface area contributed by atoms with Crippen LogP contribution in [-0.4, -0.2) is 62.2 Å². The Kier molecular flexibility index (Phi) is 7.79. The molecule has 1 fully saturated rings. The molecule has 1 heterocycles. The molecule has 28 heavy (non-hydrogen) atoms. The van der Waals surface area contributed by atoms with Gasteiger partial charge in [0.15, 0.2) is 0 Å². The Bertz CT molecular complexity index is 862. The van der Waals surface area contributed by atoms with Crippen molar-refractivity contribution in [3.8, 4) is 0 Å². The smallest absolute Gasteiger partial charge is 0.243 e. The summed E-state index contributed by atoms with van der Waals surface area (Å²) in [7, 11) is -3.59. The molecule has 0 unspecified atom stereocenters. The fourth-order valence-corrected chi connectivity index (χ4v) is 4.84. The summed E-state index contributed by atoms with van der Waals surface area (Å²) in [4.78, 5) is 26.0. The van der Waals surface area contributed by atoms with Gasteiger partial charge in [-0.25, -0.2) is 8.42 Å². The van der Waals surface area contributed by atoms with Crippen LogP contribution in [0.1, 0.15) is 24.0 Å². The summed E-state index contributed by atoms with van der Waals surface area (Å²) >= 11 is 3.15. The van der Waals surface area contributed by atoms with Crippen molar-refractivity contribution in [2.75, 3.05) is 32.7 Å². The van der Waals surface area contributed by atoms with Crippen molar-refractivity contribution in [2.24, 2.45) is 0 Å². The molecule has 154 valence electrons. The lowest BCUT2D eigenvalue weighted by atomic mass is 10.2. The van der Waals surface area contributed by atoms with Crippen LogP contribution in [0.3, 0.4) is 0 Å². The van der Waals surface area contributed by atoms with E-state index in [1.165, 1.54) is 4.31 Å². The molecule has 1 aromatic carbocycles. The van der Waals surface area contributed by atoms with Gasteiger partial charge in [-0.3, -0.25) is 9.59 Å². The number of piperazine rings is 1. The van der Waals surface area contributed by atoms with E-state index in [-0.39, 0.29) is 37.7 Å². The van der Waals surface area contributed by atoms with E-state index >= 15 is 0 Å². The number of carbonyl (C=O) groups is 2. The maximum absolute atomic E-state index is 12.9. The topological polar surface area (TPSA) is 86.8 Å². The van der Waals surface area contributed by atoms with E-state index in [1.54, 1.807) is 24.0 Å². The second kappa shape index (κ2) is 9.67. The molecule has 9 heteroatoms. The van der Waals surface area contributed by atoms with Crippen LogP contribution in [0, 0.1) is 13.8 Å². The monoisotopic (exact) mass is 471 g/mol. The molecule has 1 N–H and O–H groups in total. The lowest BCUT2D eigenvalue weighted by Crippen LogP contribution is -2.50. The zero-order valence-corrected chi connectivity index (χ0v) is 18.6. The normalized spacial score (nSPS) is 15.3. The molecule has 1 aromatic rings. The standard InChI is InChI=1S/C19H26BrN3O4S/c1-14-4-5-15(2)17(12-14)28(26,27)23-10-8-22(9-11-23)19(25)7-6-18(24)21-13-16(3)20/h4-5,12H,3,6-11,13H2,1-2H3,(H,21,24). The van der Waals surface area contributed by atoms with Crippen LogP contribution in [-0.2, 0) is 19.6 Å². The lowest BCUT2D eigenvalue weighted by molar-refractivity contribution is -0.134. The number of halogens is 1. The van der Waals surface area contributed by atoms with E-state index in [2.05, 4.69) is 27.8 Å². The summed E-state index contributed by atoms with van der Waals surface area (Å²) in [5.74, 6) is -0.360. The van der Waals surface area contributed by atoms with Crippen LogP contribution in [0.25, 0.3) is 0 Å². The third kappa shape index (κ3) is 5.89. The van der Waals surface area contributed by atoms with Crippen molar-refractivity contribution in [1.82, 2.24) is 14.5 Å². The van der Waals surface area contributed by atoms with Gasteiger partial charge in [-0.1, -0.05) is 34.6 Å². The van der Waals surface area contributed by atoms with Crippen LogP contribution in [0.15, 0.2) is 34.2 Å². The molecule has 0 saturated carbocycles. The highest BCUT2D eigenvalue weighted by Gasteiger charge is 2.31. The van der Waals surface area contributed by atoms with Gasteiger partial charge in [-0.2, -0.15) is 4.31 Å². The first-order valence-electron chi connectivity index (χ1n) is 9.06.